The molecule has 0 bridgehead atoms. The normalized spacial score (nSPS) is 10.6. The van der Waals surface area contributed by atoms with E-state index >= 15 is 0 Å². The van der Waals surface area contributed by atoms with E-state index in [-0.39, 0.29) is 36.7 Å². The summed E-state index contributed by atoms with van der Waals surface area (Å²) in [7, 11) is 0. The monoisotopic (exact) mass is 565 g/mol. The third-order valence-electron chi connectivity index (χ3n) is 5.28. The van der Waals surface area contributed by atoms with Crippen LogP contribution in [-0.2, 0) is 5.75 Å². The average molecular weight is 566 g/mol. The molecular weight excluding hydrogens is 545 g/mol. The van der Waals surface area contributed by atoms with Crippen LogP contribution in [0.2, 0.25) is 5.02 Å². The number of thioether (sulfide) groups is 1. The van der Waals surface area contributed by atoms with Crippen molar-refractivity contribution in [3.63, 3.8) is 0 Å². The molecule has 0 spiro atoms. The summed E-state index contributed by atoms with van der Waals surface area (Å²) in [6, 6.07) is 18.6. The number of hydrogen-bond acceptors (Lipinski definition) is 9. The van der Waals surface area contributed by atoms with Crippen LogP contribution in [-0.4, -0.2) is 41.5 Å². The van der Waals surface area contributed by atoms with E-state index in [1.165, 1.54) is 23.1 Å². The zero-order valence-corrected chi connectivity index (χ0v) is 22.3. The molecule has 7 nitrogen and oxygen atoms in total. The number of benzene rings is 2. The summed E-state index contributed by atoms with van der Waals surface area (Å²) in [4.78, 5) is 9.23. The summed E-state index contributed by atoms with van der Waals surface area (Å²) in [5.41, 5.74) is 3.18. The molecule has 2 heterocycles. The molecule has 0 radical (unpaired) electrons. The molecule has 0 unspecified atom stereocenters. The van der Waals surface area contributed by atoms with Crippen molar-refractivity contribution in [3.05, 3.63) is 75.8 Å². The number of nitriles is 2. The number of anilines is 1. The first kappa shape index (κ1) is 27.4. The van der Waals surface area contributed by atoms with Crippen molar-refractivity contribution < 1.29 is 14.2 Å². The van der Waals surface area contributed by atoms with E-state index in [9.17, 15) is 14.9 Å². The Morgan fingerprint density at radius 1 is 1.03 bits per heavy atom. The SMILES string of the molecule is N#Cc1c(NCCF)nc(SCc2csc(-c3ccc(Cl)cc3)n2)c(C#N)c1-c1ccc(OCCO)cc1. The van der Waals surface area contributed by atoms with Gasteiger partial charge in [-0.05, 0) is 29.8 Å². The predicted molar refractivity (Wildman–Crippen MR) is 148 cm³/mol. The second-order valence-corrected chi connectivity index (χ2v) is 10.0. The van der Waals surface area contributed by atoms with Crippen LogP contribution in [0.4, 0.5) is 10.2 Å². The van der Waals surface area contributed by atoms with Crippen LogP contribution in [0.15, 0.2) is 58.9 Å². The zero-order valence-electron chi connectivity index (χ0n) is 19.9. The number of halogens is 2. The molecule has 0 amide bonds. The second-order valence-electron chi connectivity index (χ2n) is 7.77. The second kappa shape index (κ2) is 13.2. The molecule has 11 heteroatoms. The van der Waals surface area contributed by atoms with Crippen molar-refractivity contribution in [3.8, 4) is 39.6 Å². The van der Waals surface area contributed by atoms with Gasteiger partial charge in [-0.15, -0.1) is 11.3 Å². The minimum absolute atomic E-state index is 0.0262. The number of nitrogens with one attached hydrogen (secondary N) is 1. The number of hydrogen-bond donors (Lipinski definition) is 2. The number of aromatic nitrogens is 2. The number of ether oxygens (including phenoxy) is 1. The lowest BCUT2D eigenvalue weighted by molar-refractivity contribution is 0.201. The summed E-state index contributed by atoms with van der Waals surface area (Å²) in [5.74, 6) is 1.19. The molecule has 0 saturated carbocycles. The Morgan fingerprint density at radius 3 is 2.39 bits per heavy atom. The fourth-order valence-electron chi connectivity index (χ4n) is 3.58. The van der Waals surface area contributed by atoms with Gasteiger partial charge in [0.1, 0.15) is 52.6 Å². The van der Waals surface area contributed by atoms with Gasteiger partial charge in [0, 0.05) is 33.8 Å². The van der Waals surface area contributed by atoms with Crippen LogP contribution in [0.3, 0.4) is 0 Å². The Balaban J connectivity index is 1.69. The zero-order chi connectivity index (χ0) is 26.9. The van der Waals surface area contributed by atoms with Gasteiger partial charge in [0.25, 0.3) is 0 Å². The highest BCUT2D eigenvalue weighted by molar-refractivity contribution is 7.98. The first-order chi connectivity index (χ1) is 18.6. The lowest BCUT2D eigenvalue weighted by atomic mass is 9.96. The lowest BCUT2D eigenvalue weighted by Crippen LogP contribution is -2.10. The van der Waals surface area contributed by atoms with Gasteiger partial charge in [0.2, 0.25) is 0 Å². The molecule has 0 aliphatic carbocycles. The highest BCUT2D eigenvalue weighted by Crippen LogP contribution is 2.38. The molecule has 4 aromatic rings. The largest absolute Gasteiger partial charge is 0.491 e. The maximum Gasteiger partial charge on any atom is 0.146 e. The van der Waals surface area contributed by atoms with Gasteiger partial charge < -0.3 is 15.2 Å². The van der Waals surface area contributed by atoms with Crippen molar-refractivity contribution in [1.29, 1.82) is 10.5 Å². The van der Waals surface area contributed by atoms with E-state index in [1.54, 1.807) is 24.3 Å². The molecular formula is C27H21ClFN5O2S2. The summed E-state index contributed by atoms with van der Waals surface area (Å²) in [6.45, 7) is -0.640. The van der Waals surface area contributed by atoms with Gasteiger partial charge >= 0.3 is 0 Å². The molecule has 2 aromatic carbocycles. The third kappa shape index (κ3) is 6.42. The van der Waals surface area contributed by atoms with Gasteiger partial charge in [-0.1, -0.05) is 47.6 Å². The molecule has 0 aliphatic heterocycles. The number of nitrogens with zero attached hydrogens (tertiary/aromatic N) is 4. The molecule has 2 aromatic heterocycles. The maximum atomic E-state index is 13.0. The van der Waals surface area contributed by atoms with E-state index in [0.717, 1.165) is 16.3 Å². The summed E-state index contributed by atoms with van der Waals surface area (Å²) in [6.07, 6.45) is 0. The third-order valence-corrected chi connectivity index (χ3v) is 7.48. The Kier molecular flexibility index (Phi) is 9.52. The Labute approximate surface area is 232 Å². The van der Waals surface area contributed by atoms with Crippen LogP contribution in [0.5, 0.6) is 5.75 Å². The van der Waals surface area contributed by atoms with Crippen LogP contribution in [0.25, 0.3) is 21.7 Å². The van der Waals surface area contributed by atoms with E-state index in [0.29, 0.717) is 32.7 Å². The number of alkyl halides is 1. The Hall–Kier alpha value is -3.67. The van der Waals surface area contributed by atoms with Crippen molar-refractivity contribution in [2.45, 2.75) is 10.8 Å². The molecule has 192 valence electrons. The Bertz CT molecular complexity index is 1480. The molecule has 0 atom stereocenters. The first-order valence-corrected chi connectivity index (χ1v) is 13.7. The van der Waals surface area contributed by atoms with Gasteiger partial charge in [0.15, 0.2) is 0 Å². The molecule has 4 rings (SSSR count). The van der Waals surface area contributed by atoms with E-state index in [4.69, 9.17) is 26.4 Å². The number of pyridine rings is 1. The van der Waals surface area contributed by atoms with Gasteiger partial charge in [0.05, 0.1) is 17.9 Å². The predicted octanol–water partition coefficient (Wildman–Crippen LogP) is 6.31. The van der Waals surface area contributed by atoms with Crippen LogP contribution in [0.1, 0.15) is 16.8 Å². The molecule has 0 aliphatic rings. The summed E-state index contributed by atoms with van der Waals surface area (Å²) >= 11 is 8.81. The highest BCUT2D eigenvalue weighted by atomic mass is 35.5. The quantitative estimate of drug-likeness (QED) is 0.203. The topological polar surface area (TPSA) is 115 Å². The van der Waals surface area contributed by atoms with Crippen LogP contribution >= 0.6 is 34.7 Å². The fourth-order valence-corrected chi connectivity index (χ4v) is 5.52. The van der Waals surface area contributed by atoms with E-state index in [1.807, 2.05) is 29.6 Å². The van der Waals surface area contributed by atoms with Crippen molar-refractivity contribution >= 4 is 40.5 Å². The van der Waals surface area contributed by atoms with Gasteiger partial charge in [-0.3, -0.25) is 0 Å². The first-order valence-electron chi connectivity index (χ1n) is 11.4. The lowest BCUT2D eigenvalue weighted by Gasteiger charge is -2.16. The highest BCUT2D eigenvalue weighted by Gasteiger charge is 2.22. The van der Waals surface area contributed by atoms with Gasteiger partial charge in [-0.25, -0.2) is 14.4 Å². The summed E-state index contributed by atoms with van der Waals surface area (Å²) < 4.78 is 18.4. The smallest absolute Gasteiger partial charge is 0.146 e. The van der Waals surface area contributed by atoms with Gasteiger partial charge in [-0.2, -0.15) is 10.5 Å². The average Bonchev–Trinajstić information content (AvgIpc) is 3.43. The van der Waals surface area contributed by atoms with Crippen molar-refractivity contribution in [2.24, 2.45) is 0 Å². The number of thiazole rings is 1. The summed E-state index contributed by atoms with van der Waals surface area (Å²) in [5, 5.41) is 35.8. The molecule has 2 N–H and O–H groups in total. The number of aliphatic hydroxyl groups excluding tert-OH is 1. The standard InChI is InChI=1S/C27H21ClFN5O2S2/c28-19-5-1-18(2-6-19)26-33-20(15-37-26)16-38-27-23(14-31)24(22(13-30)25(34-27)32-10-9-29)17-3-7-21(8-4-17)36-12-11-35/h1-8,15,35H,9-12,16H2,(H,32,34). The molecule has 0 saturated heterocycles. The maximum absolute atomic E-state index is 13.0. The number of aliphatic hydroxyl groups is 1. The molecule has 0 fully saturated rings. The Morgan fingerprint density at radius 2 is 1.74 bits per heavy atom. The molecule has 38 heavy (non-hydrogen) atoms. The van der Waals surface area contributed by atoms with Crippen LogP contribution < -0.4 is 10.1 Å². The minimum atomic E-state index is -0.645. The number of rotatable bonds is 11. The van der Waals surface area contributed by atoms with E-state index < -0.39 is 6.67 Å². The van der Waals surface area contributed by atoms with E-state index in [2.05, 4.69) is 22.4 Å². The van der Waals surface area contributed by atoms with Crippen LogP contribution in [0, 0.1) is 22.7 Å². The van der Waals surface area contributed by atoms with Crippen molar-refractivity contribution in [2.75, 3.05) is 31.7 Å². The minimum Gasteiger partial charge on any atom is -0.491 e. The fraction of sp³-hybridized carbons (Fsp3) is 0.185. The van der Waals surface area contributed by atoms with Crippen molar-refractivity contribution in [1.82, 2.24) is 9.97 Å².